The standard InChI is InChI=1S/C13H20N2/c14-13-7-5-12(6-8-13)10-15-9-11-3-1-2-4-11/h5-8,11,15H,1-4,9-10,14H2. The Hall–Kier alpha value is -1.02. The lowest BCUT2D eigenvalue weighted by atomic mass is 10.1. The van der Waals surface area contributed by atoms with Crippen LogP contribution in [0.15, 0.2) is 24.3 Å². The first-order valence-electron chi connectivity index (χ1n) is 5.90. The summed E-state index contributed by atoms with van der Waals surface area (Å²) in [7, 11) is 0. The molecule has 1 saturated carbocycles. The van der Waals surface area contributed by atoms with Crippen molar-refractivity contribution < 1.29 is 0 Å². The molecule has 1 aliphatic rings. The van der Waals surface area contributed by atoms with Gasteiger partial charge in [0, 0.05) is 12.2 Å². The number of rotatable bonds is 4. The zero-order valence-electron chi connectivity index (χ0n) is 9.21. The maximum Gasteiger partial charge on any atom is 0.0314 e. The van der Waals surface area contributed by atoms with Gasteiger partial charge in [0.25, 0.3) is 0 Å². The van der Waals surface area contributed by atoms with Gasteiger partial charge in [-0.15, -0.1) is 0 Å². The number of nitrogens with two attached hydrogens (primary N) is 1. The highest BCUT2D eigenvalue weighted by Gasteiger charge is 2.13. The smallest absolute Gasteiger partial charge is 0.0314 e. The van der Waals surface area contributed by atoms with E-state index in [0.29, 0.717) is 0 Å². The van der Waals surface area contributed by atoms with Crippen molar-refractivity contribution >= 4 is 5.69 Å². The Morgan fingerprint density at radius 1 is 1.13 bits per heavy atom. The van der Waals surface area contributed by atoms with Crippen LogP contribution >= 0.6 is 0 Å². The molecule has 0 amide bonds. The summed E-state index contributed by atoms with van der Waals surface area (Å²) in [6, 6.07) is 8.12. The number of anilines is 1. The van der Waals surface area contributed by atoms with Gasteiger partial charge in [0.05, 0.1) is 0 Å². The molecule has 0 saturated heterocycles. The summed E-state index contributed by atoms with van der Waals surface area (Å²) < 4.78 is 0. The van der Waals surface area contributed by atoms with Gasteiger partial charge in [-0.05, 0) is 43.0 Å². The van der Waals surface area contributed by atoms with Crippen molar-refractivity contribution in [2.24, 2.45) is 5.92 Å². The van der Waals surface area contributed by atoms with Gasteiger partial charge in [0.15, 0.2) is 0 Å². The predicted octanol–water partition coefficient (Wildman–Crippen LogP) is 2.55. The molecular formula is C13H20N2. The molecule has 0 unspecified atom stereocenters. The van der Waals surface area contributed by atoms with Crippen LogP contribution in [-0.2, 0) is 6.54 Å². The molecule has 1 aromatic rings. The summed E-state index contributed by atoms with van der Waals surface area (Å²) in [5, 5.41) is 3.52. The zero-order chi connectivity index (χ0) is 10.5. The lowest BCUT2D eigenvalue weighted by molar-refractivity contribution is 0.489. The Labute approximate surface area is 91.9 Å². The van der Waals surface area contributed by atoms with Crippen molar-refractivity contribution in [1.82, 2.24) is 5.32 Å². The summed E-state index contributed by atoms with van der Waals surface area (Å²) in [4.78, 5) is 0. The SMILES string of the molecule is Nc1ccc(CNCC2CCCC2)cc1. The third-order valence-corrected chi connectivity index (χ3v) is 3.22. The van der Waals surface area contributed by atoms with Crippen molar-refractivity contribution in [1.29, 1.82) is 0 Å². The highest BCUT2D eigenvalue weighted by Crippen LogP contribution is 2.23. The summed E-state index contributed by atoms with van der Waals surface area (Å²) in [5.41, 5.74) is 7.80. The molecule has 15 heavy (non-hydrogen) atoms. The molecule has 0 bridgehead atoms. The van der Waals surface area contributed by atoms with Crippen LogP contribution in [0.25, 0.3) is 0 Å². The minimum absolute atomic E-state index is 0.842. The second-order valence-electron chi connectivity index (χ2n) is 4.52. The predicted molar refractivity (Wildman–Crippen MR) is 64.5 cm³/mol. The molecule has 2 heteroatoms. The van der Waals surface area contributed by atoms with Crippen molar-refractivity contribution in [2.45, 2.75) is 32.2 Å². The van der Waals surface area contributed by atoms with Crippen LogP contribution in [-0.4, -0.2) is 6.54 Å². The number of hydrogen-bond acceptors (Lipinski definition) is 2. The fourth-order valence-corrected chi connectivity index (χ4v) is 2.27. The molecule has 0 spiro atoms. The summed E-state index contributed by atoms with van der Waals surface area (Å²) in [5.74, 6) is 0.916. The van der Waals surface area contributed by atoms with Crippen molar-refractivity contribution in [2.75, 3.05) is 12.3 Å². The minimum Gasteiger partial charge on any atom is -0.399 e. The second-order valence-corrected chi connectivity index (χ2v) is 4.52. The highest BCUT2D eigenvalue weighted by molar-refractivity contribution is 5.39. The molecule has 0 radical (unpaired) electrons. The first-order chi connectivity index (χ1) is 7.34. The summed E-state index contributed by atoms with van der Waals surface area (Å²) >= 11 is 0. The third kappa shape index (κ3) is 3.24. The van der Waals surface area contributed by atoms with E-state index in [1.807, 2.05) is 12.1 Å². The van der Waals surface area contributed by atoms with Crippen LogP contribution in [0, 0.1) is 5.92 Å². The highest BCUT2D eigenvalue weighted by atomic mass is 14.9. The molecule has 2 rings (SSSR count). The lowest BCUT2D eigenvalue weighted by Gasteiger charge is -2.10. The van der Waals surface area contributed by atoms with E-state index in [1.54, 1.807) is 0 Å². The Bertz CT molecular complexity index is 286. The Kier molecular flexibility index (Phi) is 3.62. The Morgan fingerprint density at radius 3 is 2.47 bits per heavy atom. The van der Waals surface area contributed by atoms with Crippen molar-refractivity contribution in [3.05, 3.63) is 29.8 Å². The number of hydrogen-bond donors (Lipinski definition) is 2. The zero-order valence-corrected chi connectivity index (χ0v) is 9.21. The molecule has 0 heterocycles. The van der Waals surface area contributed by atoms with Gasteiger partial charge in [0.1, 0.15) is 0 Å². The first-order valence-corrected chi connectivity index (χ1v) is 5.90. The van der Waals surface area contributed by atoms with E-state index < -0.39 is 0 Å². The van der Waals surface area contributed by atoms with Crippen LogP contribution in [0.1, 0.15) is 31.2 Å². The lowest BCUT2D eigenvalue weighted by Crippen LogP contribution is -2.20. The molecule has 3 N–H and O–H groups in total. The fourth-order valence-electron chi connectivity index (χ4n) is 2.27. The van der Waals surface area contributed by atoms with Crippen LogP contribution in [0.4, 0.5) is 5.69 Å². The van der Waals surface area contributed by atoms with Gasteiger partial charge in [-0.3, -0.25) is 0 Å². The van der Waals surface area contributed by atoms with Crippen LogP contribution in [0.5, 0.6) is 0 Å². The molecule has 1 fully saturated rings. The van der Waals surface area contributed by atoms with Gasteiger partial charge in [-0.25, -0.2) is 0 Å². The van der Waals surface area contributed by atoms with Crippen LogP contribution in [0.2, 0.25) is 0 Å². The van der Waals surface area contributed by atoms with Gasteiger partial charge >= 0.3 is 0 Å². The van der Waals surface area contributed by atoms with Gasteiger partial charge < -0.3 is 11.1 Å². The van der Waals surface area contributed by atoms with E-state index in [0.717, 1.165) is 18.2 Å². The molecule has 1 aliphatic carbocycles. The fraction of sp³-hybridized carbons (Fsp3) is 0.538. The molecule has 0 aliphatic heterocycles. The van der Waals surface area contributed by atoms with Gasteiger partial charge in [-0.1, -0.05) is 25.0 Å². The van der Waals surface area contributed by atoms with Crippen LogP contribution in [0.3, 0.4) is 0 Å². The third-order valence-electron chi connectivity index (χ3n) is 3.22. The van der Waals surface area contributed by atoms with E-state index in [2.05, 4.69) is 17.4 Å². The maximum atomic E-state index is 5.63. The van der Waals surface area contributed by atoms with E-state index in [9.17, 15) is 0 Å². The molecule has 0 aromatic heterocycles. The van der Waals surface area contributed by atoms with E-state index in [-0.39, 0.29) is 0 Å². The molecular weight excluding hydrogens is 184 g/mol. The van der Waals surface area contributed by atoms with Crippen molar-refractivity contribution in [3.63, 3.8) is 0 Å². The first kappa shape index (κ1) is 10.5. The number of nitrogens with one attached hydrogen (secondary N) is 1. The van der Waals surface area contributed by atoms with E-state index >= 15 is 0 Å². The minimum atomic E-state index is 0.842. The average molecular weight is 204 g/mol. The van der Waals surface area contributed by atoms with E-state index in [1.165, 1.54) is 37.8 Å². The summed E-state index contributed by atoms with van der Waals surface area (Å²) in [6.07, 6.45) is 5.67. The summed E-state index contributed by atoms with van der Waals surface area (Å²) in [6.45, 7) is 2.14. The molecule has 82 valence electrons. The monoisotopic (exact) mass is 204 g/mol. The average Bonchev–Trinajstić information content (AvgIpc) is 2.74. The molecule has 0 atom stereocenters. The number of nitrogen functional groups attached to an aromatic ring is 1. The van der Waals surface area contributed by atoms with Crippen LogP contribution < -0.4 is 11.1 Å². The van der Waals surface area contributed by atoms with Crippen molar-refractivity contribution in [3.8, 4) is 0 Å². The topological polar surface area (TPSA) is 38.0 Å². The molecule has 1 aromatic carbocycles. The Morgan fingerprint density at radius 2 is 1.80 bits per heavy atom. The normalized spacial score (nSPS) is 17.1. The molecule has 2 nitrogen and oxygen atoms in total. The van der Waals surface area contributed by atoms with E-state index in [4.69, 9.17) is 5.73 Å². The largest absolute Gasteiger partial charge is 0.399 e. The van der Waals surface area contributed by atoms with Gasteiger partial charge in [0.2, 0.25) is 0 Å². The second kappa shape index (κ2) is 5.17. The number of benzene rings is 1. The van der Waals surface area contributed by atoms with Gasteiger partial charge in [-0.2, -0.15) is 0 Å². The maximum absolute atomic E-state index is 5.63. The quantitative estimate of drug-likeness (QED) is 0.740. The Balaban J connectivity index is 1.71.